The molecule has 0 unspecified atom stereocenters. The molecule has 4 rings (SSSR count). The van der Waals surface area contributed by atoms with Crippen molar-refractivity contribution in [1.29, 1.82) is 0 Å². The van der Waals surface area contributed by atoms with Gasteiger partial charge in [0.2, 0.25) is 0 Å². The van der Waals surface area contributed by atoms with Crippen LogP contribution in [0.2, 0.25) is 0 Å². The van der Waals surface area contributed by atoms with Crippen LogP contribution in [0.3, 0.4) is 0 Å². The van der Waals surface area contributed by atoms with Gasteiger partial charge in [-0.2, -0.15) is 0 Å². The maximum absolute atomic E-state index is 4.44. The summed E-state index contributed by atoms with van der Waals surface area (Å²) >= 11 is 0. The Morgan fingerprint density at radius 3 is 2.89 bits per heavy atom. The molecule has 0 saturated heterocycles. The summed E-state index contributed by atoms with van der Waals surface area (Å²) in [4.78, 5) is 20.3. The topological polar surface area (TPSA) is 67.3 Å². The Balaban J connectivity index is 2.03. The highest BCUT2D eigenvalue weighted by atomic mass is 15.0. The molecule has 0 atom stereocenters. The lowest BCUT2D eigenvalue weighted by Crippen LogP contribution is -1.93. The van der Waals surface area contributed by atoms with Crippen molar-refractivity contribution < 1.29 is 0 Å². The third kappa shape index (κ3) is 1.55. The van der Waals surface area contributed by atoms with E-state index in [1.807, 2.05) is 30.3 Å². The van der Waals surface area contributed by atoms with E-state index in [9.17, 15) is 0 Å². The van der Waals surface area contributed by atoms with Crippen molar-refractivity contribution in [2.75, 3.05) is 0 Å². The maximum Gasteiger partial charge on any atom is 0.181 e. The highest BCUT2D eigenvalue weighted by Gasteiger charge is 2.09. The first-order valence-electron chi connectivity index (χ1n) is 5.92. The number of hydrogen-bond donors (Lipinski definition) is 1. The Hall–Kier alpha value is -2.82. The molecule has 0 spiro atoms. The van der Waals surface area contributed by atoms with Gasteiger partial charge in [0.15, 0.2) is 11.5 Å². The smallest absolute Gasteiger partial charge is 0.181 e. The van der Waals surface area contributed by atoms with Crippen LogP contribution >= 0.6 is 0 Å². The van der Waals surface area contributed by atoms with Crippen molar-refractivity contribution in [2.24, 2.45) is 0 Å². The lowest BCUT2D eigenvalue weighted by molar-refractivity contribution is 1.17. The molecule has 0 saturated carbocycles. The van der Waals surface area contributed by atoms with Gasteiger partial charge < -0.3 is 4.98 Å². The molecule has 1 aromatic carbocycles. The molecule has 0 radical (unpaired) electrons. The lowest BCUT2D eigenvalue weighted by Gasteiger charge is -2.03. The van der Waals surface area contributed by atoms with Gasteiger partial charge in [0.25, 0.3) is 0 Å². The molecule has 0 aliphatic rings. The minimum atomic E-state index is 0.594. The van der Waals surface area contributed by atoms with Gasteiger partial charge in [0.1, 0.15) is 11.2 Å². The Morgan fingerprint density at radius 1 is 0.947 bits per heavy atom. The highest BCUT2D eigenvalue weighted by molar-refractivity contribution is 5.93. The molecule has 1 N–H and O–H groups in total. The monoisotopic (exact) mass is 247 g/mol. The molecule has 90 valence electrons. The fourth-order valence-electron chi connectivity index (χ4n) is 2.15. The summed E-state index contributed by atoms with van der Waals surface area (Å²) in [5, 5.41) is 2.16. The van der Waals surface area contributed by atoms with E-state index in [0.29, 0.717) is 11.5 Å². The van der Waals surface area contributed by atoms with Crippen LogP contribution in [-0.4, -0.2) is 24.9 Å². The van der Waals surface area contributed by atoms with Crippen LogP contribution < -0.4 is 0 Å². The van der Waals surface area contributed by atoms with E-state index < -0.39 is 0 Å². The van der Waals surface area contributed by atoms with E-state index in [1.54, 1.807) is 18.7 Å². The second-order valence-electron chi connectivity index (χ2n) is 4.21. The van der Waals surface area contributed by atoms with Crippen molar-refractivity contribution in [2.45, 2.75) is 0 Å². The number of imidazole rings is 1. The van der Waals surface area contributed by atoms with Gasteiger partial charge in [0.05, 0.1) is 12.5 Å². The van der Waals surface area contributed by atoms with Gasteiger partial charge in [-0.1, -0.05) is 24.3 Å². The number of nitrogens with zero attached hydrogens (tertiary/aromatic N) is 4. The number of aromatic nitrogens is 5. The molecular formula is C14H9N5. The predicted molar refractivity (Wildman–Crippen MR) is 72.4 cm³/mol. The van der Waals surface area contributed by atoms with Crippen LogP contribution in [-0.2, 0) is 0 Å². The van der Waals surface area contributed by atoms with Gasteiger partial charge >= 0.3 is 0 Å². The largest absolute Gasteiger partial charge is 0.342 e. The standard InChI is InChI=1S/C14H9N5/c1-2-4-10-9(3-1)5-6-15-12(10)14-16-7-11-13(19-14)18-8-17-11/h1-8H,(H,16,17,18,19). The van der Waals surface area contributed by atoms with Crippen molar-refractivity contribution in [3.63, 3.8) is 0 Å². The van der Waals surface area contributed by atoms with Crippen molar-refractivity contribution in [1.82, 2.24) is 24.9 Å². The molecule has 0 fully saturated rings. The maximum atomic E-state index is 4.44. The van der Waals surface area contributed by atoms with Crippen LogP contribution in [0.25, 0.3) is 33.5 Å². The second kappa shape index (κ2) is 3.84. The van der Waals surface area contributed by atoms with Gasteiger partial charge in [-0.3, -0.25) is 4.98 Å². The van der Waals surface area contributed by atoms with Crippen LogP contribution in [0, 0.1) is 0 Å². The Morgan fingerprint density at radius 2 is 1.89 bits per heavy atom. The molecule has 3 heterocycles. The van der Waals surface area contributed by atoms with Crippen molar-refractivity contribution in [3.8, 4) is 11.5 Å². The van der Waals surface area contributed by atoms with Gasteiger partial charge in [-0.25, -0.2) is 15.0 Å². The molecule has 0 bridgehead atoms. The minimum Gasteiger partial charge on any atom is -0.342 e. The molecule has 3 aromatic heterocycles. The first kappa shape index (κ1) is 10.1. The molecule has 5 nitrogen and oxygen atoms in total. The zero-order chi connectivity index (χ0) is 12.7. The Kier molecular flexibility index (Phi) is 2.05. The number of rotatable bonds is 1. The second-order valence-corrected chi connectivity index (χ2v) is 4.21. The number of hydrogen-bond acceptors (Lipinski definition) is 4. The average molecular weight is 247 g/mol. The summed E-state index contributed by atoms with van der Waals surface area (Å²) in [6.07, 6.45) is 5.11. The fraction of sp³-hybridized carbons (Fsp3) is 0. The predicted octanol–water partition coefficient (Wildman–Crippen LogP) is 2.57. The minimum absolute atomic E-state index is 0.594. The number of pyridine rings is 1. The number of aromatic amines is 1. The summed E-state index contributed by atoms with van der Waals surface area (Å²) in [7, 11) is 0. The highest BCUT2D eigenvalue weighted by Crippen LogP contribution is 2.24. The fourth-order valence-corrected chi connectivity index (χ4v) is 2.15. The molecule has 4 aromatic rings. The first-order chi connectivity index (χ1) is 9.42. The lowest BCUT2D eigenvalue weighted by atomic mass is 10.1. The summed E-state index contributed by atoms with van der Waals surface area (Å²) in [5.74, 6) is 0.594. The van der Waals surface area contributed by atoms with Crippen LogP contribution in [0.1, 0.15) is 0 Å². The summed E-state index contributed by atoms with van der Waals surface area (Å²) in [6, 6.07) is 10.0. The Labute approximate surface area is 108 Å². The van der Waals surface area contributed by atoms with Gasteiger partial charge in [-0.15, -0.1) is 0 Å². The third-order valence-electron chi connectivity index (χ3n) is 3.06. The molecular weight excluding hydrogens is 238 g/mol. The van der Waals surface area contributed by atoms with Crippen LogP contribution in [0.15, 0.2) is 49.1 Å². The van der Waals surface area contributed by atoms with E-state index in [0.717, 1.165) is 22.0 Å². The van der Waals surface area contributed by atoms with Crippen molar-refractivity contribution in [3.05, 3.63) is 49.1 Å². The quantitative estimate of drug-likeness (QED) is 0.561. The average Bonchev–Trinajstić information content (AvgIpc) is 2.94. The number of H-pyrrole nitrogens is 1. The SMILES string of the molecule is c1ccc2c(-c3ncc4[nH]cnc4n3)nccc2c1. The molecule has 0 amide bonds. The van der Waals surface area contributed by atoms with Crippen LogP contribution in [0.5, 0.6) is 0 Å². The molecule has 0 aliphatic carbocycles. The van der Waals surface area contributed by atoms with E-state index in [1.165, 1.54) is 0 Å². The van der Waals surface area contributed by atoms with E-state index in [2.05, 4.69) is 24.9 Å². The van der Waals surface area contributed by atoms with E-state index in [4.69, 9.17) is 0 Å². The number of benzene rings is 1. The summed E-state index contributed by atoms with van der Waals surface area (Å²) < 4.78 is 0. The van der Waals surface area contributed by atoms with E-state index >= 15 is 0 Å². The summed E-state index contributed by atoms with van der Waals surface area (Å²) in [5.41, 5.74) is 2.26. The molecule has 5 heteroatoms. The summed E-state index contributed by atoms with van der Waals surface area (Å²) in [6.45, 7) is 0. The van der Waals surface area contributed by atoms with Gasteiger partial charge in [-0.05, 0) is 11.5 Å². The van der Waals surface area contributed by atoms with E-state index in [-0.39, 0.29) is 0 Å². The van der Waals surface area contributed by atoms with Crippen molar-refractivity contribution >= 4 is 21.9 Å². The normalized spacial score (nSPS) is 11.2. The zero-order valence-electron chi connectivity index (χ0n) is 9.91. The van der Waals surface area contributed by atoms with Crippen LogP contribution in [0.4, 0.5) is 0 Å². The zero-order valence-corrected chi connectivity index (χ0v) is 9.91. The Bertz CT molecular complexity index is 876. The number of nitrogens with one attached hydrogen (secondary N) is 1. The molecule has 0 aliphatic heterocycles. The first-order valence-corrected chi connectivity index (χ1v) is 5.92. The molecule has 19 heavy (non-hydrogen) atoms. The number of fused-ring (bicyclic) bond motifs is 2. The van der Waals surface area contributed by atoms with Gasteiger partial charge in [0, 0.05) is 11.6 Å². The third-order valence-corrected chi connectivity index (χ3v) is 3.06.